The summed E-state index contributed by atoms with van der Waals surface area (Å²) in [5, 5.41) is 3.08. The van der Waals surface area contributed by atoms with Crippen LogP contribution in [0.3, 0.4) is 0 Å². The predicted octanol–water partition coefficient (Wildman–Crippen LogP) is 4.92. The van der Waals surface area contributed by atoms with E-state index in [4.69, 9.17) is 0 Å². The van der Waals surface area contributed by atoms with Gasteiger partial charge in [0.25, 0.3) is 0 Å². The smallest absolute Gasteiger partial charge is 0.307 e. The zero-order valence-corrected chi connectivity index (χ0v) is 13.9. The molecular weight excluding hydrogens is 413 g/mol. The van der Waals surface area contributed by atoms with E-state index in [1.165, 1.54) is 6.07 Å². The van der Waals surface area contributed by atoms with Crippen LogP contribution in [0, 0.1) is 0 Å². The van der Waals surface area contributed by atoms with E-state index in [0.29, 0.717) is 18.7 Å². The van der Waals surface area contributed by atoms with E-state index < -0.39 is 11.7 Å². The lowest BCUT2D eigenvalue weighted by Crippen LogP contribution is -2.15. The molecule has 1 aromatic carbocycles. The van der Waals surface area contributed by atoms with Crippen molar-refractivity contribution in [1.82, 2.24) is 10.3 Å². The maximum absolute atomic E-state index is 12.6. The van der Waals surface area contributed by atoms with Crippen molar-refractivity contribution in [2.24, 2.45) is 0 Å². The molecule has 1 heterocycles. The molecule has 0 spiro atoms. The van der Waals surface area contributed by atoms with E-state index in [2.05, 4.69) is 42.2 Å². The Morgan fingerprint density at radius 3 is 2.52 bits per heavy atom. The molecule has 2 aromatic rings. The number of aromatic nitrogens is 1. The van der Waals surface area contributed by atoms with Crippen molar-refractivity contribution < 1.29 is 13.2 Å². The molecule has 1 N–H and O–H groups in total. The number of rotatable bonds is 4. The molecule has 0 aliphatic carbocycles. The lowest BCUT2D eigenvalue weighted by Gasteiger charge is -2.10. The predicted molar refractivity (Wildman–Crippen MR) is 81.6 cm³/mol. The first-order valence-electron chi connectivity index (χ1n) is 6.03. The lowest BCUT2D eigenvalue weighted by atomic mass is 10.1. The minimum Gasteiger partial charge on any atom is -0.307 e. The van der Waals surface area contributed by atoms with Crippen molar-refractivity contribution in [2.75, 3.05) is 0 Å². The molecule has 0 unspecified atom stereocenters. The number of alkyl halides is 3. The van der Waals surface area contributed by atoms with Gasteiger partial charge in [-0.1, -0.05) is 18.2 Å². The van der Waals surface area contributed by atoms with Crippen LogP contribution in [0.4, 0.5) is 13.2 Å². The van der Waals surface area contributed by atoms with E-state index in [-0.39, 0.29) is 0 Å². The van der Waals surface area contributed by atoms with Crippen molar-refractivity contribution in [3.05, 3.63) is 62.3 Å². The number of pyridine rings is 1. The maximum atomic E-state index is 12.6. The quantitative estimate of drug-likeness (QED) is 0.755. The number of nitrogens with one attached hydrogen (secondary N) is 1. The maximum Gasteiger partial charge on any atom is 0.416 e. The summed E-state index contributed by atoms with van der Waals surface area (Å²) in [6, 6.07) is 7.15. The highest BCUT2D eigenvalue weighted by Gasteiger charge is 2.30. The summed E-state index contributed by atoms with van der Waals surface area (Å²) < 4.78 is 39.5. The third kappa shape index (κ3) is 4.79. The van der Waals surface area contributed by atoms with Gasteiger partial charge in [-0.2, -0.15) is 13.2 Å². The molecule has 21 heavy (non-hydrogen) atoms. The zero-order valence-electron chi connectivity index (χ0n) is 10.7. The van der Waals surface area contributed by atoms with Gasteiger partial charge >= 0.3 is 6.18 Å². The number of hydrogen-bond acceptors (Lipinski definition) is 2. The summed E-state index contributed by atoms with van der Waals surface area (Å²) in [4.78, 5) is 4.23. The summed E-state index contributed by atoms with van der Waals surface area (Å²) in [6.07, 6.45) is -2.64. The molecule has 112 valence electrons. The van der Waals surface area contributed by atoms with Crippen molar-refractivity contribution in [2.45, 2.75) is 19.3 Å². The average Bonchev–Trinajstić information content (AvgIpc) is 2.41. The van der Waals surface area contributed by atoms with Crippen LogP contribution in [0.2, 0.25) is 0 Å². The van der Waals surface area contributed by atoms with Gasteiger partial charge < -0.3 is 5.32 Å². The van der Waals surface area contributed by atoms with Gasteiger partial charge in [0.05, 0.1) is 11.3 Å². The Balaban J connectivity index is 1.97. The van der Waals surface area contributed by atoms with Crippen molar-refractivity contribution >= 4 is 31.9 Å². The summed E-state index contributed by atoms with van der Waals surface area (Å²) in [7, 11) is 0. The number of benzene rings is 1. The van der Waals surface area contributed by atoms with E-state index in [9.17, 15) is 13.2 Å². The molecular formula is C14H11Br2F3N2. The van der Waals surface area contributed by atoms with Gasteiger partial charge in [0, 0.05) is 28.2 Å². The third-order valence-electron chi connectivity index (χ3n) is 2.76. The normalized spacial score (nSPS) is 11.7. The van der Waals surface area contributed by atoms with Gasteiger partial charge in [-0.3, -0.25) is 4.98 Å². The fourth-order valence-electron chi connectivity index (χ4n) is 1.76. The van der Waals surface area contributed by atoms with E-state index in [0.717, 1.165) is 26.8 Å². The van der Waals surface area contributed by atoms with E-state index >= 15 is 0 Å². The van der Waals surface area contributed by atoms with Crippen LogP contribution in [0.5, 0.6) is 0 Å². The van der Waals surface area contributed by atoms with E-state index in [1.807, 2.05) is 6.07 Å². The molecule has 0 bridgehead atoms. The molecule has 0 aliphatic heterocycles. The molecule has 1 aromatic heterocycles. The van der Waals surface area contributed by atoms with Crippen LogP contribution < -0.4 is 5.32 Å². The van der Waals surface area contributed by atoms with Crippen LogP contribution >= 0.6 is 31.9 Å². The average molecular weight is 424 g/mol. The Morgan fingerprint density at radius 2 is 1.86 bits per heavy atom. The summed E-state index contributed by atoms with van der Waals surface area (Å²) in [5.41, 5.74) is 0.744. The monoisotopic (exact) mass is 422 g/mol. The van der Waals surface area contributed by atoms with Crippen molar-refractivity contribution in [3.8, 4) is 0 Å². The zero-order chi connectivity index (χ0) is 15.5. The molecule has 7 heteroatoms. The second-order valence-electron chi connectivity index (χ2n) is 4.38. The second-order valence-corrected chi connectivity index (χ2v) is 6.15. The Hall–Kier alpha value is -0.920. The Morgan fingerprint density at radius 1 is 1.10 bits per heavy atom. The molecule has 0 atom stereocenters. The van der Waals surface area contributed by atoms with Gasteiger partial charge in [0.15, 0.2) is 0 Å². The number of halogens is 5. The number of hydrogen-bond donors (Lipinski definition) is 1. The van der Waals surface area contributed by atoms with Crippen LogP contribution in [0.1, 0.15) is 16.8 Å². The minimum absolute atomic E-state index is 0.341. The van der Waals surface area contributed by atoms with Crippen molar-refractivity contribution in [1.29, 1.82) is 0 Å². The molecule has 0 saturated heterocycles. The Kier molecular flexibility index (Phi) is 5.40. The van der Waals surface area contributed by atoms with Crippen molar-refractivity contribution in [3.63, 3.8) is 0 Å². The van der Waals surface area contributed by atoms with Gasteiger partial charge in [-0.25, -0.2) is 0 Å². The highest BCUT2D eigenvalue weighted by atomic mass is 79.9. The third-order valence-corrected chi connectivity index (χ3v) is 3.88. The first kappa shape index (κ1) is 16.5. The molecule has 0 saturated carbocycles. The summed E-state index contributed by atoms with van der Waals surface area (Å²) >= 11 is 6.70. The molecule has 2 rings (SSSR count). The molecule has 0 fully saturated rings. The van der Waals surface area contributed by atoms with Gasteiger partial charge in [-0.15, -0.1) is 0 Å². The van der Waals surface area contributed by atoms with Crippen LogP contribution in [-0.4, -0.2) is 4.98 Å². The minimum atomic E-state index is -4.31. The number of nitrogens with zero attached hydrogens (tertiary/aromatic N) is 1. The first-order valence-corrected chi connectivity index (χ1v) is 7.61. The van der Waals surface area contributed by atoms with Gasteiger partial charge in [-0.05, 0) is 49.6 Å². The standard InChI is InChI=1S/C14H11Br2F3N2/c15-11-5-12(16)13(21-7-11)8-20-6-9-2-1-3-10(4-9)14(17,18)19/h1-5,7,20H,6,8H2. The molecule has 2 nitrogen and oxygen atoms in total. The molecule has 0 radical (unpaired) electrons. The van der Waals surface area contributed by atoms with Crippen LogP contribution in [-0.2, 0) is 19.3 Å². The van der Waals surface area contributed by atoms with Gasteiger partial charge in [0.1, 0.15) is 0 Å². The molecule has 0 aliphatic rings. The van der Waals surface area contributed by atoms with Crippen LogP contribution in [0.25, 0.3) is 0 Å². The Labute approximate surface area is 137 Å². The fraction of sp³-hybridized carbons (Fsp3) is 0.214. The lowest BCUT2D eigenvalue weighted by molar-refractivity contribution is -0.137. The summed E-state index contributed by atoms with van der Waals surface area (Å²) in [6.45, 7) is 0.804. The first-order chi connectivity index (χ1) is 9.86. The highest BCUT2D eigenvalue weighted by molar-refractivity contribution is 9.11. The topological polar surface area (TPSA) is 24.9 Å². The second kappa shape index (κ2) is 6.89. The molecule has 0 amide bonds. The fourth-order valence-corrected chi connectivity index (χ4v) is 2.88. The Bertz CT molecular complexity index is 630. The van der Waals surface area contributed by atoms with Gasteiger partial charge in [0.2, 0.25) is 0 Å². The van der Waals surface area contributed by atoms with E-state index in [1.54, 1.807) is 12.3 Å². The highest BCUT2D eigenvalue weighted by Crippen LogP contribution is 2.29. The van der Waals surface area contributed by atoms with Crippen LogP contribution in [0.15, 0.2) is 45.5 Å². The largest absolute Gasteiger partial charge is 0.416 e. The SMILES string of the molecule is FC(F)(F)c1cccc(CNCc2ncc(Br)cc2Br)c1. The summed E-state index contributed by atoms with van der Waals surface area (Å²) in [5.74, 6) is 0.